The molecule has 4 atom stereocenters. The molecule has 0 aliphatic heterocycles. The first-order chi connectivity index (χ1) is 24.7. The number of aliphatic hydroxyl groups excluding tert-OH is 1. The fourth-order valence-electron chi connectivity index (χ4n) is 5.77. The first-order valence-electron chi connectivity index (χ1n) is 19.1. The van der Waals surface area contributed by atoms with E-state index in [9.17, 15) is 24.6 Å². The molecule has 1 aromatic carbocycles. The molecule has 0 bridgehead atoms. The van der Waals surface area contributed by atoms with E-state index < -0.39 is 35.4 Å². The summed E-state index contributed by atoms with van der Waals surface area (Å²) in [5.41, 5.74) is -2.25. The second kappa shape index (κ2) is 25.7. The van der Waals surface area contributed by atoms with E-state index in [-0.39, 0.29) is 32.0 Å². The van der Waals surface area contributed by atoms with Crippen LogP contribution in [0.4, 0.5) is 0 Å². The number of likely N-dealkylation sites (N-methyl/N-ethyl adjacent to an activating group) is 1. The van der Waals surface area contributed by atoms with E-state index >= 15 is 0 Å². The third-order valence-electron chi connectivity index (χ3n) is 8.77. The molecule has 0 saturated carbocycles. The molecular formula is C42H68N2O8. The first kappa shape index (κ1) is 46.8. The fourth-order valence-corrected chi connectivity index (χ4v) is 5.77. The van der Waals surface area contributed by atoms with Gasteiger partial charge in [-0.3, -0.25) is 14.9 Å². The Kier molecular flexibility index (Phi) is 23.1. The Morgan fingerprint density at radius 1 is 0.962 bits per heavy atom. The normalized spacial score (nSPS) is 14.5. The van der Waals surface area contributed by atoms with Crippen molar-refractivity contribution in [1.29, 1.82) is 0 Å². The van der Waals surface area contributed by atoms with Crippen molar-refractivity contribution >= 4 is 17.7 Å². The minimum absolute atomic E-state index is 0.0303. The Labute approximate surface area is 314 Å². The summed E-state index contributed by atoms with van der Waals surface area (Å²) >= 11 is 0. The number of nitrogens with one attached hydrogen (secondary N) is 1. The lowest BCUT2D eigenvalue weighted by atomic mass is 9.82. The minimum Gasteiger partial charge on any atom is -0.481 e. The summed E-state index contributed by atoms with van der Waals surface area (Å²) in [5.74, 6) is 4.27. The van der Waals surface area contributed by atoms with E-state index in [4.69, 9.17) is 14.2 Å². The Balaban J connectivity index is 3.13. The maximum absolute atomic E-state index is 13.6. The number of hydrogen-bond donors (Lipinski definition) is 3. The number of aliphatic hydroxyl groups is 2. The summed E-state index contributed by atoms with van der Waals surface area (Å²) in [6, 6.07) is 6.39. The number of methoxy groups -OCH3 is 1. The van der Waals surface area contributed by atoms with Crippen molar-refractivity contribution in [2.24, 2.45) is 5.92 Å². The molecule has 0 fully saturated rings. The van der Waals surface area contributed by atoms with E-state index in [1.807, 2.05) is 18.2 Å². The summed E-state index contributed by atoms with van der Waals surface area (Å²) < 4.78 is 16.5. The van der Waals surface area contributed by atoms with Gasteiger partial charge in [-0.2, -0.15) is 0 Å². The van der Waals surface area contributed by atoms with Crippen LogP contribution in [0.1, 0.15) is 124 Å². The zero-order valence-corrected chi connectivity index (χ0v) is 33.3. The van der Waals surface area contributed by atoms with Crippen molar-refractivity contribution in [2.45, 2.75) is 148 Å². The van der Waals surface area contributed by atoms with Gasteiger partial charge in [-0.1, -0.05) is 75.7 Å². The van der Waals surface area contributed by atoms with Gasteiger partial charge in [-0.15, -0.1) is 5.92 Å². The summed E-state index contributed by atoms with van der Waals surface area (Å²) in [7, 11) is 4.73. The maximum Gasteiger partial charge on any atom is 0.339 e. The van der Waals surface area contributed by atoms with Gasteiger partial charge in [0.2, 0.25) is 5.91 Å². The van der Waals surface area contributed by atoms with Crippen LogP contribution in [-0.4, -0.2) is 90.7 Å². The van der Waals surface area contributed by atoms with Gasteiger partial charge in [0.05, 0.1) is 12.0 Å². The Bertz CT molecular complexity index is 1260. The Hall–Kier alpha value is -3.23. The molecule has 52 heavy (non-hydrogen) atoms. The van der Waals surface area contributed by atoms with E-state index in [1.54, 1.807) is 60.0 Å². The highest BCUT2D eigenvalue weighted by atomic mass is 16.6. The highest BCUT2D eigenvalue weighted by molar-refractivity contribution is 5.82. The van der Waals surface area contributed by atoms with Crippen LogP contribution in [0.5, 0.6) is 5.75 Å². The average Bonchev–Trinajstić information content (AvgIpc) is 3.09. The number of hydrogen-bond acceptors (Lipinski definition) is 9. The Morgan fingerprint density at radius 3 is 2.13 bits per heavy atom. The molecule has 294 valence electrons. The smallest absolute Gasteiger partial charge is 0.339 e. The molecule has 1 aromatic rings. The van der Waals surface area contributed by atoms with Gasteiger partial charge in [0.1, 0.15) is 30.0 Å². The number of benzene rings is 1. The van der Waals surface area contributed by atoms with Crippen molar-refractivity contribution in [2.75, 3.05) is 34.4 Å². The van der Waals surface area contributed by atoms with Crippen LogP contribution in [0.3, 0.4) is 0 Å². The standard InChI is InChI=1S/C42H68N2O8/c1-9-11-13-16-19-22-34(45)23-20-17-14-15-18-21-24-36(42(49,29-31-50-8)40(48)52-41(3,4)5)38(46)43-37(39(47)44(6)7)32-33-25-27-35(28-26-33)51-30-12-10-2/h21,24-28,36-38,43,46,49H,9,11,13-20,22-23,29-32H2,1-8H3/b24-21+/t36-,37+,38?,42+/m1/s1. The highest BCUT2D eigenvalue weighted by Crippen LogP contribution is 2.30. The van der Waals surface area contributed by atoms with E-state index in [0.29, 0.717) is 30.8 Å². The molecule has 1 amide bonds. The lowest BCUT2D eigenvalue weighted by Crippen LogP contribution is -2.59. The maximum atomic E-state index is 13.6. The minimum atomic E-state index is -2.17. The number of carbonyl (C=O) groups is 3. The van der Waals surface area contributed by atoms with Crippen LogP contribution in [0.2, 0.25) is 0 Å². The van der Waals surface area contributed by atoms with Gasteiger partial charge in [0.25, 0.3) is 0 Å². The zero-order chi connectivity index (χ0) is 39.0. The summed E-state index contributed by atoms with van der Waals surface area (Å²) in [4.78, 5) is 40.7. The number of allylic oxidation sites excluding steroid dienone is 1. The van der Waals surface area contributed by atoms with Crippen molar-refractivity contribution < 1.29 is 38.8 Å². The van der Waals surface area contributed by atoms with Crippen LogP contribution < -0.4 is 10.1 Å². The summed E-state index contributed by atoms with van der Waals surface area (Å²) in [6.45, 7) is 9.36. The topological polar surface area (TPSA) is 135 Å². The lowest BCUT2D eigenvalue weighted by molar-refractivity contribution is -0.189. The second-order valence-corrected chi connectivity index (χ2v) is 14.7. The molecule has 0 aromatic heterocycles. The molecular weight excluding hydrogens is 660 g/mol. The number of nitrogens with zero attached hydrogens (tertiary/aromatic N) is 1. The van der Waals surface area contributed by atoms with Gasteiger partial charge in [0.15, 0.2) is 5.60 Å². The largest absolute Gasteiger partial charge is 0.481 e. The predicted octanol–water partition coefficient (Wildman–Crippen LogP) is 6.55. The monoisotopic (exact) mass is 728 g/mol. The SMILES string of the molecule is CC#CCOc1ccc(C[C@H](NC(O)[C@@H](/C=C/CCCCCCC(=O)CCCCCCC)[C@@](O)(CCOC)C(=O)OC(C)(C)C)C(=O)N(C)C)cc1. The van der Waals surface area contributed by atoms with Crippen LogP contribution in [0.15, 0.2) is 36.4 Å². The Morgan fingerprint density at radius 2 is 1.58 bits per heavy atom. The van der Waals surface area contributed by atoms with Gasteiger partial charge in [-0.05, 0) is 77.5 Å². The van der Waals surface area contributed by atoms with Gasteiger partial charge in [-0.25, -0.2) is 4.79 Å². The summed E-state index contributed by atoms with van der Waals surface area (Å²) in [6.07, 6.45) is 13.3. The average molecular weight is 729 g/mol. The van der Waals surface area contributed by atoms with Gasteiger partial charge >= 0.3 is 5.97 Å². The molecule has 0 saturated heterocycles. The van der Waals surface area contributed by atoms with Crippen molar-refractivity contribution in [3.63, 3.8) is 0 Å². The molecule has 10 nitrogen and oxygen atoms in total. The number of amides is 1. The van der Waals surface area contributed by atoms with Crippen LogP contribution in [0, 0.1) is 17.8 Å². The van der Waals surface area contributed by atoms with Crippen molar-refractivity contribution in [3.8, 4) is 17.6 Å². The molecule has 0 aliphatic carbocycles. The van der Waals surface area contributed by atoms with Crippen molar-refractivity contribution in [3.05, 3.63) is 42.0 Å². The molecule has 3 N–H and O–H groups in total. The first-order valence-corrected chi connectivity index (χ1v) is 19.1. The molecule has 1 rings (SSSR count). The number of unbranched alkanes of at least 4 members (excludes halogenated alkanes) is 8. The number of carbonyl (C=O) groups excluding carboxylic acids is 3. The van der Waals surface area contributed by atoms with Gasteiger partial charge in [0, 0.05) is 47.1 Å². The molecule has 0 radical (unpaired) electrons. The molecule has 0 aliphatic rings. The van der Waals surface area contributed by atoms with E-state index in [2.05, 4.69) is 24.1 Å². The van der Waals surface area contributed by atoms with Crippen LogP contribution >= 0.6 is 0 Å². The summed E-state index contributed by atoms with van der Waals surface area (Å²) in [5, 5.41) is 26.8. The molecule has 0 heterocycles. The predicted molar refractivity (Wildman–Crippen MR) is 207 cm³/mol. The third-order valence-corrected chi connectivity index (χ3v) is 8.77. The lowest BCUT2D eigenvalue weighted by Gasteiger charge is -2.38. The van der Waals surface area contributed by atoms with Crippen LogP contribution in [-0.2, 0) is 30.3 Å². The molecule has 1 unspecified atom stereocenters. The molecule has 10 heteroatoms. The molecule has 0 spiro atoms. The van der Waals surface area contributed by atoms with Gasteiger partial charge < -0.3 is 29.3 Å². The number of rotatable bonds is 27. The number of esters is 1. The van der Waals surface area contributed by atoms with E-state index in [1.165, 1.54) is 31.3 Å². The second-order valence-electron chi connectivity index (χ2n) is 14.7. The third kappa shape index (κ3) is 19.0. The van der Waals surface area contributed by atoms with E-state index in [0.717, 1.165) is 44.1 Å². The van der Waals surface area contributed by atoms with Crippen molar-refractivity contribution in [1.82, 2.24) is 10.2 Å². The number of Topliss-reactive ketones (excluding diaryl/α,β-unsaturated/α-hetero) is 1. The fraction of sp³-hybridized carbons (Fsp3) is 0.690. The quantitative estimate of drug-likeness (QED) is 0.0303. The highest BCUT2D eigenvalue weighted by Gasteiger charge is 2.49. The zero-order valence-electron chi connectivity index (χ0n) is 33.3. The van der Waals surface area contributed by atoms with Crippen LogP contribution in [0.25, 0.3) is 0 Å². The number of ketones is 1. The number of ether oxygens (including phenoxy) is 3.